The molecule has 1 aromatic carbocycles. The third kappa shape index (κ3) is 6.24. The largest absolute Gasteiger partial charge is 0.310 e. The molecule has 0 heterocycles. The minimum absolute atomic E-state index is 0.292. The van der Waals surface area contributed by atoms with Crippen LogP contribution in [0.5, 0.6) is 0 Å². The number of hydrogen-bond donors (Lipinski definition) is 1. The zero-order chi connectivity index (χ0) is 15.7. The lowest BCUT2D eigenvalue weighted by Gasteiger charge is -2.20. The lowest BCUT2D eigenvalue weighted by molar-refractivity contribution is 0.290. The van der Waals surface area contributed by atoms with Gasteiger partial charge >= 0.3 is 0 Å². The van der Waals surface area contributed by atoms with Crippen LogP contribution in [0.1, 0.15) is 44.7 Å². The van der Waals surface area contributed by atoms with Gasteiger partial charge in [0.2, 0.25) is 0 Å². The van der Waals surface area contributed by atoms with Gasteiger partial charge in [0.1, 0.15) is 5.82 Å². The minimum Gasteiger partial charge on any atom is -0.310 e. The van der Waals surface area contributed by atoms with E-state index in [4.69, 9.17) is 5.26 Å². The van der Waals surface area contributed by atoms with E-state index in [2.05, 4.69) is 37.1 Å². The predicted octanol–water partition coefficient (Wildman–Crippen LogP) is 3.30. The monoisotopic (exact) mass is 291 g/mol. The van der Waals surface area contributed by atoms with Gasteiger partial charge in [0.25, 0.3) is 0 Å². The second-order valence-electron chi connectivity index (χ2n) is 5.36. The molecule has 0 amide bonds. The lowest BCUT2D eigenvalue weighted by Crippen LogP contribution is -2.29. The number of nitrogens with one attached hydrogen (secondary N) is 1. The number of benzene rings is 1. The molecule has 21 heavy (non-hydrogen) atoms. The molecular formula is C17H26FN3. The van der Waals surface area contributed by atoms with Crippen LogP contribution < -0.4 is 5.32 Å². The molecule has 1 unspecified atom stereocenters. The van der Waals surface area contributed by atoms with E-state index in [-0.39, 0.29) is 5.82 Å². The Kier molecular flexibility index (Phi) is 7.96. The van der Waals surface area contributed by atoms with Gasteiger partial charge in [0.05, 0.1) is 11.6 Å². The SMILES string of the molecule is CCN(CC)CCCC(C)NCc1cc(F)ccc1C#N. The van der Waals surface area contributed by atoms with Crippen molar-refractivity contribution in [1.82, 2.24) is 10.2 Å². The molecule has 0 fully saturated rings. The molecule has 0 saturated heterocycles. The summed E-state index contributed by atoms with van der Waals surface area (Å²) in [4.78, 5) is 2.41. The Morgan fingerprint density at radius 1 is 1.33 bits per heavy atom. The van der Waals surface area contributed by atoms with E-state index in [9.17, 15) is 4.39 Å². The van der Waals surface area contributed by atoms with Crippen molar-refractivity contribution in [3.63, 3.8) is 0 Å². The molecule has 0 radical (unpaired) electrons. The highest BCUT2D eigenvalue weighted by atomic mass is 19.1. The maximum absolute atomic E-state index is 13.2. The number of nitrogens with zero attached hydrogens (tertiary/aromatic N) is 2. The van der Waals surface area contributed by atoms with Crippen molar-refractivity contribution < 1.29 is 4.39 Å². The highest BCUT2D eigenvalue weighted by molar-refractivity contribution is 5.37. The Labute approximate surface area is 127 Å². The van der Waals surface area contributed by atoms with Crippen molar-refractivity contribution in [2.45, 2.75) is 46.2 Å². The molecule has 0 saturated carbocycles. The van der Waals surface area contributed by atoms with Crippen LogP contribution in [-0.4, -0.2) is 30.6 Å². The summed E-state index contributed by atoms with van der Waals surface area (Å²) < 4.78 is 13.2. The summed E-state index contributed by atoms with van der Waals surface area (Å²) in [6, 6.07) is 6.77. The van der Waals surface area contributed by atoms with Gasteiger partial charge in [0, 0.05) is 12.6 Å². The molecule has 4 heteroatoms. The van der Waals surface area contributed by atoms with Gasteiger partial charge in [0.15, 0.2) is 0 Å². The molecule has 1 atom stereocenters. The highest BCUT2D eigenvalue weighted by Crippen LogP contribution is 2.11. The number of hydrogen-bond acceptors (Lipinski definition) is 3. The summed E-state index contributed by atoms with van der Waals surface area (Å²) in [6.45, 7) is 10.3. The van der Waals surface area contributed by atoms with E-state index in [0.717, 1.165) is 38.0 Å². The standard InChI is InChI=1S/C17H26FN3/c1-4-21(5-2)10-6-7-14(3)20-13-16-11-17(18)9-8-15(16)12-19/h8-9,11,14,20H,4-7,10,13H2,1-3H3. The molecule has 3 nitrogen and oxygen atoms in total. The molecule has 0 aliphatic heterocycles. The maximum atomic E-state index is 13.2. The molecule has 0 aromatic heterocycles. The first-order valence-corrected chi connectivity index (χ1v) is 7.74. The van der Waals surface area contributed by atoms with Gasteiger partial charge in [-0.2, -0.15) is 5.26 Å². The van der Waals surface area contributed by atoms with Gasteiger partial charge in [-0.25, -0.2) is 4.39 Å². The number of nitriles is 1. The first-order chi connectivity index (χ1) is 10.1. The quantitative estimate of drug-likeness (QED) is 0.759. The molecule has 0 aliphatic rings. The first kappa shape index (κ1) is 17.6. The van der Waals surface area contributed by atoms with E-state index in [0.29, 0.717) is 18.2 Å². The third-order valence-electron chi connectivity index (χ3n) is 3.83. The van der Waals surface area contributed by atoms with Gasteiger partial charge in [-0.05, 0) is 63.2 Å². The summed E-state index contributed by atoms with van der Waals surface area (Å²) in [5, 5.41) is 12.4. The van der Waals surface area contributed by atoms with Crippen LogP contribution in [0, 0.1) is 17.1 Å². The van der Waals surface area contributed by atoms with Crippen LogP contribution in [0.15, 0.2) is 18.2 Å². The third-order valence-corrected chi connectivity index (χ3v) is 3.83. The summed E-state index contributed by atoms with van der Waals surface area (Å²) in [6.07, 6.45) is 2.22. The van der Waals surface area contributed by atoms with Crippen LogP contribution in [0.2, 0.25) is 0 Å². The van der Waals surface area contributed by atoms with Crippen LogP contribution in [0.25, 0.3) is 0 Å². The molecule has 1 aromatic rings. The topological polar surface area (TPSA) is 39.1 Å². The Hall–Kier alpha value is -1.44. The Morgan fingerprint density at radius 2 is 2.05 bits per heavy atom. The highest BCUT2D eigenvalue weighted by Gasteiger charge is 2.07. The van der Waals surface area contributed by atoms with Gasteiger partial charge < -0.3 is 10.2 Å². The summed E-state index contributed by atoms with van der Waals surface area (Å²) >= 11 is 0. The fourth-order valence-corrected chi connectivity index (χ4v) is 2.36. The Morgan fingerprint density at radius 3 is 2.67 bits per heavy atom. The zero-order valence-corrected chi connectivity index (χ0v) is 13.3. The molecule has 116 valence electrons. The zero-order valence-electron chi connectivity index (χ0n) is 13.3. The van der Waals surface area contributed by atoms with Gasteiger partial charge in [-0.3, -0.25) is 0 Å². The smallest absolute Gasteiger partial charge is 0.123 e. The van der Waals surface area contributed by atoms with E-state index in [1.54, 1.807) is 0 Å². The fraction of sp³-hybridized carbons (Fsp3) is 0.588. The van der Waals surface area contributed by atoms with Gasteiger partial charge in [-0.15, -0.1) is 0 Å². The molecular weight excluding hydrogens is 265 g/mol. The summed E-state index contributed by atoms with van der Waals surface area (Å²) in [5.41, 5.74) is 1.27. The van der Waals surface area contributed by atoms with E-state index in [1.807, 2.05) is 0 Å². The second-order valence-corrected chi connectivity index (χ2v) is 5.36. The summed E-state index contributed by atoms with van der Waals surface area (Å²) in [5.74, 6) is -0.292. The first-order valence-electron chi connectivity index (χ1n) is 7.74. The summed E-state index contributed by atoms with van der Waals surface area (Å²) in [7, 11) is 0. The van der Waals surface area contributed by atoms with Crippen molar-refractivity contribution in [1.29, 1.82) is 5.26 Å². The molecule has 0 spiro atoms. The van der Waals surface area contributed by atoms with Crippen LogP contribution in [-0.2, 0) is 6.54 Å². The average molecular weight is 291 g/mol. The van der Waals surface area contributed by atoms with Crippen molar-refractivity contribution in [2.75, 3.05) is 19.6 Å². The predicted molar refractivity (Wildman–Crippen MR) is 84.4 cm³/mol. The minimum atomic E-state index is -0.292. The molecule has 1 N–H and O–H groups in total. The van der Waals surface area contributed by atoms with E-state index < -0.39 is 0 Å². The number of halogens is 1. The van der Waals surface area contributed by atoms with Crippen LogP contribution >= 0.6 is 0 Å². The van der Waals surface area contributed by atoms with Crippen LogP contribution in [0.3, 0.4) is 0 Å². The normalized spacial score (nSPS) is 12.4. The van der Waals surface area contributed by atoms with E-state index >= 15 is 0 Å². The van der Waals surface area contributed by atoms with Gasteiger partial charge in [-0.1, -0.05) is 13.8 Å². The van der Waals surface area contributed by atoms with Crippen LogP contribution in [0.4, 0.5) is 4.39 Å². The van der Waals surface area contributed by atoms with Crippen molar-refractivity contribution in [2.24, 2.45) is 0 Å². The lowest BCUT2D eigenvalue weighted by atomic mass is 10.1. The second kappa shape index (κ2) is 9.49. The van der Waals surface area contributed by atoms with Crippen molar-refractivity contribution >= 4 is 0 Å². The molecule has 0 bridgehead atoms. The Balaban J connectivity index is 2.38. The Bertz CT molecular complexity index is 464. The maximum Gasteiger partial charge on any atom is 0.123 e. The fourth-order valence-electron chi connectivity index (χ4n) is 2.36. The molecule has 0 aliphatic carbocycles. The van der Waals surface area contributed by atoms with Crippen molar-refractivity contribution in [3.05, 3.63) is 35.1 Å². The molecule has 1 rings (SSSR count). The van der Waals surface area contributed by atoms with E-state index in [1.165, 1.54) is 18.2 Å². The van der Waals surface area contributed by atoms with Crippen molar-refractivity contribution in [3.8, 4) is 6.07 Å². The average Bonchev–Trinajstić information content (AvgIpc) is 2.49. The number of rotatable bonds is 9.